The highest BCUT2D eigenvalue weighted by Crippen LogP contribution is 2.35. The van der Waals surface area contributed by atoms with E-state index >= 15 is 0 Å². The molecule has 0 saturated carbocycles. The Kier molecular flexibility index (Phi) is 5.26. The molecule has 2 aliphatic rings. The molecular weight excluding hydrogens is 390 g/mol. The molecule has 2 aromatic heterocycles. The van der Waals surface area contributed by atoms with Gasteiger partial charge < -0.3 is 19.9 Å². The predicted molar refractivity (Wildman–Crippen MR) is 122 cm³/mol. The van der Waals surface area contributed by atoms with Gasteiger partial charge in [-0.25, -0.2) is 4.98 Å². The van der Waals surface area contributed by atoms with Gasteiger partial charge in [0.15, 0.2) is 0 Å². The largest absolute Gasteiger partial charge is 0.326 e. The Morgan fingerprint density at radius 1 is 1.16 bits per heavy atom. The summed E-state index contributed by atoms with van der Waals surface area (Å²) in [6.07, 6.45) is 9.70. The summed E-state index contributed by atoms with van der Waals surface area (Å²) in [7, 11) is 0. The van der Waals surface area contributed by atoms with Crippen LogP contribution in [0.1, 0.15) is 36.9 Å². The molecule has 2 aliphatic heterocycles. The van der Waals surface area contributed by atoms with Gasteiger partial charge in [0.2, 0.25) is 5.91 Å². The van der Waals surface area contributed by atoms with Crippen LogP contribution in [-0.2, 0) is 9.59 Å². The molecule has 4 heterocycles. The average Bonchev–Trinajstić information content (AvgIpc) is 3.34. The molecular formula is C24H25N5O2. The molecule has 3 aromatic rings. The van der Waals surface area contributed by atoms with E-state index in [1.54, 1.807) is 6.20 Å². The van der Waals surface area contributed by atoms with Gasteiger partial charge >= 0.3 is 0 Å². The van der Waals surface area contributed by atoms with E-state index < -0.39 is 0 Å². The van der Waals surface area contributed by atoms with E-state index in [4.69, 9.17) is 0 Å². The smallest absolute Gasteiger partial charge is 0.256 e. The number of nitrogens with one attached hydrogen (secondary N) is 2. The van der Waals surface area contributed by atoms with Crippen LogP contribution in [0.5, 0.6) is 0 Å². The maximum Gasteiger partial charge on any atom is 0.256 e. The number of fused-ring (bicyclic) bond motifs is 2. The number of piperidine rings is 1. The zero-order valence-corrected chi connectivity index (χ0v) is 17.3. The maximum absolute atomic E-state index is 12.6. The monoisotopic (exact) mass is 415 g/mol. The van der Waals surface area contributed by atoms with Crippen LogP contribution in [0.25, 0.3) is 17.3 Å². The lowest BCUT2D eigenvalue weighted by Crippen LogP contribution is -2.32. The lowest BCUT2D eigenvalue weighted by Gasteiger charge is -2.25. The minimum absolute atomic E-state index is 0.00452. The average molecular weight is 415 g/mol. The van der Waals surface area contributed by atoms with Gasteiger partial charge in [-0.05, 0) is 62.3 Å². The first-order valence-electron chi connectivity index (χ1n) is 10.8. The van der Waals surface area contributed by atoms with Crippen molar-refractivity contribution in [3.05, 3.63) is 60.0 Å². The van der Waals surface area contributed by atoms with Crippen molar-refractivity contribution in [3.63, 3.8) is 0 Å². The second-order valence-corrected chi connectivity index (χ2v) is 8.08. The lowest BCUT2D eigenvalue weighted by atomic mass is 10.1. The zero-order chi connectivity index (χ0) is 21.2. The molecule has 5 rings (SSSR count). The third kappa shape index (κ3) is 4.09. The number of pyridine rings is 1. The molecule has 1 aromatic carbocycles. The van der Waals surface area contributed by atoms with E-state index in [0.29, 0.717) is 17.7 Å². The Morgan fingerprint density at radius 3 is 2.90 bits per heavy atom. The molecule has 1 saturated heterocycles. The van der Waals surface area contributed by atoms with Gasteiger partial charge in [-0.3, -0.25) is 9.59 Å². The van der Waals surface area contributed by atoms with Crippen LogP contribution >= 0.6 is 0 Å². The highest BCUT2D eigenvalue weighted by atomic mass is 16.2. The molecule has 2 amide bonds. The van der Waals surface area contributed by atoms with Crippen molar-refractivity contribution < 1.29 is 9.59 Å². The molecule has 0 unspecified atom stereocenters. The molecule has 158 valence electrons. The number of anilines is 2. The number of hydrogen-bond acceptors (Lipinski definition) is 4. The molecule has 0 atom stereocenters. The minimum atomic E-state index is -0.158. The number of amides is 2. The van der Waals surface area contributed by atoms with Gasteiger partial charge in [-0.15, -0.1) is 0 Å². The topological polar surface area (TPSA) is 78.7 Å². The van der Waals surface area contributed by atoms with Crippen LogP contribution in [0.15, 0.2) is 48.8 Å². The molecule has 7 heteroatoms. The number of rotatable bonds is 5. The van der Waals surface area contributed by atoms with Crippen LogP contribution < -0.4 is 10.6 Å². The predicted octanol–water partition coefficient (Wildman–Crippen LogP) is 3.64. The van der Waals surface area contributed by atoms with E-state index in [2.05, 4.69) is 20.5 Å². The van der Waals surface area contributed by atoms with Crippen molar-refractivity contribution in [3.8, 4) is 0 Å². The van der Waals surface area contributed by atoms with Crippen molar-refractivity contribution in [2.24, 2.45) is 0 Å². The van der Waals surface area contributed by atoms with Gasteiger partial charge in [-0.2, -0.15) is 0 Å². The molecule has 7 nitrogen and oxygen atoms in total. The van der Waals surface area contributed by atoms with Gasteiger partial charge in [0.1, 0.15) is 5.65 Å². The Morgan fingerprint density at radius 2 is 2.03 bits per heavy atom. The minimum Gasteiger partial charge on any atom is -0.326 e. The van der Waals surface area contributed by atoms with Crippen LogP contribution in [-0.4, -0.2) is 45.7 Å². The Labute approximate surface area is 180 Å². The number of imidazole rings is 1. The normalized spacial score (nSPS) is 17.7. The van der Waals surface area contributed by atoms with Crippen molar-refractivity contribution >= 4 is 40.5 Å². The van der Waals surface area contributed by atoms with E-state index in [1.165, 1.54) is 19.3 Å². The van der Waals surface area contributed by atoms with Crippen molar-refractivity contribution in [1.82, 2.24) is 14.3 Å². The first-order chi connectivity index (χ1) is 15.2. The van der Waals surface area contributed by atoms with Gasteiger partial charge in [0.25, 0.3) is 5.91 Å². The van der Waals surface area contributed by atoms with E-state index in [9.17, 15) is 9.59 Å². The fraction of sp³-hybridized carbons (Fsp3) is 0.292. The second-order valence-electron chi connectivity index (χ2n) is 8.08. The molecule has 1 fully saturated rings. The number of carbonyl (C=O) groups is 2. The standard InChI is InChI=1S/C24H25N5O2/c30-23(9-13-28-10-3-1-4-11-28)26-17-7-8-21-19(14-17)20(24(31)27-21)15-18-16-25-22-6-2-5-12-29(18)22/h2,5-8,12,14-16H,1,3-4,9-11,13H2,(H,26,30)(H,27,31)/b20-15+. The molecule has 0 radical (unpaired) electrons. The second kappa shape index (κ2) is 8.35. The van der Waals surface area contributed by atoms with Crippen LogP contribution in [0.2, 0.25) is 0 Å². The summed E-state index contributed by atoms with van der Waals surface area (Å²) in [5, 5.41) is 5.89. The first kappa shape index (κ1) is 19.5. The van der Waals surface area contributed by atoms with Crippen LogP contribution in [0, 0.1) is 0 Å². The molecule has 0 bridgehead atoms. The fourth-order valence-electron chi connectivity index (χ4n) is 4.28. The summed E-state index contributed by atoms with van der Waals surface area (Å²) in [4.78, 5) is 31.8. The summed E-state index contributed by atoms with van der Waals surface area (Å²) in [6.45, 7) is 2.95. The van der Waals surface area contributed by atoms with Gasteiger partial charge in [-0.1, -0.05) is 12.5 Å². The third-order valence-corrected chi connectivity index (χ3v) is 5.93. The summed E-state index contributed by atoms with van der Waals surface area (Å²) in [6, 6.07) is 11.3. The van der Waals surface area contributed by atoms with Gasteiger partial charge in [0, 0.05) is 36.1 Å². The summed E-state index contributed by atoms with van der Waals surface area (Å²) in [5.74, 6) is -0.162. The molecule has 31 heavy (non-hydrogen) atoms. The van der Waals surface area contributed by atoms with Crippen molar-refractivity contribution in [2.45, 2.75) is 25.7 Å². The number of aromatic nitrogens is 2. The Hall–Kier alpha value is -3.45. The van der Waals surface area contributed by atoms with E-state index in [-0.39, 0.29) is 11.8 Å². The fourth-order valence-corrected chi connectivity index (χ4v) is 4.28. The number of nitrogens with zero attached hydrogens (tertiary/aromatic N) is 3. The number of carbonyl (C=O) groups excluding carboxylic acids is 2. The number of benzene rings is 1. The Bertz CT molecular complexity index is 1170. The van der Waals surface area contributed by atoms with E-state index in [1.807, 2.05) is 53.1 Å². The summed E-state index contributed by atoms with van der Waals surface area (Å²) >= 11 is 0. The number of hydrogen-bond donors (Lipinski definition) is 2. The quantitative estimate of drug-likeness (QED) is 0.624. The third-order valence-electron chi connectivity index (χ3n) is 5.93. The maximum atomic E-state index is 12.6. The lowest BCUT2D eigenvalue weighted by molar-refractivity contribution is -0.116. The molecule has 0 spiro atoms. The van der Waals surface area contributed by atoms with Gasteiger partial charge in [0.05, 0.1) is 17.5 Å². The highest BCUT2D eigenvalue weighted by molar-refractivity contribution is 6.35. The van der Waals surface area contributed by atoms with Crippen LogP contribution in [0.3, 0.4) is 0 Å². The molecule has 2 N–H and O–H groups in total. The molecule has 0 aliphatic carbocycles. The van der Waals surface area contributed by atoms with E-state index in [0.717, 1.165) is 42.2 Å². The summed E-state index contributed by atoms with van der Waals surface area (Å²) < 4.78 is 1.94. The van der Waals surface area contributed by atoms with Crippen molar-refractivity contribution in [1.29, 1.82) is 0 Å². The Balaban J connectivity index is 1.34. The first-order valence-corrected chi connectivity index (χ1v) is 10.8. The van der Waals surface area contributed by atoms with Crippen LogP contribution in [0.4, 0.5) is 11.4 Å². The van der Waals surface area contributed by atoms with Crippen molar-refractivity contribution in [2.75, 3.05) is 30.3 Å². The highest BCUT2D eigenvalue weighted by Gasteiger charge is 2.25. The zero-order valence-electron chi connectivity index (χ0n) is 17.3. The SMILES string of the molecule is O=C(CCN1CCCCC1)Nc1ccc2c(c1)/C(=C\c1cnc3ccccn13)C(=O)N2. The number of likely N-dealkylation sites (tertiary alicyclic amines) is 1. The summed E-state index contributed by atoms with van der Waals surface area (Å²) in [5.41, 5.74) is 4.43.